The second-order valence-electron chi connectivity index (χ2n) is 10.4. The first-order chi connectivity index (χ1) is 18.8. The minimum Gasteiger partial charge on any atom is -0.507 e. The lowest BCUT2D eigenvalue weighted by molar-refractivity contribution is -0.140. The third-order valence-corrected chi connectivity index (χ3v) is 7.07. The van der Waals surface area contributed by atoms with E-state index in [0.717, 1.165) is 17.7 Å². The Morgan fingerprint density at radius 1 is 1.13 bits per heavy atom. The fourth-order valence-corrected chi connectivity index (χ4v) is 5.06. The predicted molar refractivity (Wildman–Crippen MR) is 145 cm³/mol. The van der Waals surface area contributed by atoms with E-state index in [4.69, 9.17) is 18.6 Å². The first-order valence-corrected chi connectivity index (χ1v) is 13.2. The summed E-state index contributed by atoms with van der Waals surface area (Å²) in [7, 11) is 1.54. The number of methoxy groups -OCH3 is 1. The van der Waals surface area contributed by atoms with Crippen molar-refractivity contribution in [3.8, 4) is 17.2 Å². The van der Waals surface area contributed by atoms with Crippen LogP contribution in [0.25, 0.3) is 5.76 Å². The van der Waals surface area contributed by atoms with Crippen LogP contribution in [0.5, 0.6) is 17.2 Å². The molecule has 0 unspecified atom stereocenters. The number of benzene rings is 2. The number of rotatable bonds is 9. The Kier molecular flexibility index (Phi) is 7.37. The van der Waals surface area contributed by atoms with Crippen LogP contribution in [-0.2, 0) is 22.6 Å². The number of fused-ring (bicyclic) bond motifs is 1. The smallest absolute Gasteiger partial charge is 0.296 e. The van der Waals surface area contributed by atoms with Crippen LogP contribution in [0.1, 0.15) is 55.7 Å². The normalized spacial score (nSPS) is 19.9. The second-order valence-corrected chi connectivity index (χ2v) is 10.4. The van der Waals surface area contributed by atoms with Crippen LogP contribution in [0, 0.1) is 5.92 Å². The summed E-state index contributed by atoms with van der Waals surface area (Å²) in [5.74, 6) is 1.10. The molecular weight excluding hydrogens is 498 g/mol. The van der Waals surface area contributed by atoms with E-state index in [1.807, 2.05) is 13.0 Å². The van der Waals surface area contributed by atoms with Crippen LogP contribution in [0.2, 0.25) is 0 Å². The molecule has 8 nitrogen and oxygen atoms in total. The third-order valence-electron chi connectivity index (χ3n) is 7.07. The van der Waals surface area contributed by atoms with Crippen LogP contribution in [0.15, 0.2) is 64.8 Å². The number of carbonyl (C=O) groups is 2. The van der Waals surface area contributed by atoms with Crippen molar-refractivity contribution in [2.45, 2.75) is 52.3 Å². The largest absolute Gasteiger partial charge is 0.507 e. The molecule has 8 heteroatoms. The van der Waals surface area contributed by atoms with E-state index in [9.17, 15) is 14.7 Å². The molecule has 2 aliphatic heterocycles. The van der Waals surface area contributed by atoms with Crippen molar-refractivity contribution in [1.29, 1.82) is 0 Å². The van der Waals surface area contributed by atoms with Crippen molar-refractivity contribution >= 4 is 17.4 Å². The fraction of sp³-hybridized carbons (Fsp3) is 0.355. The molecule has 2 aliphatic rings. The highest BCUT2D eigenvalue weighted by molar-refractivity contribution is 6.46. The van der Waals surface area contributed by atoms with Crippen molar-refractivity contribution < 1.29 is 33.3 Å². The van der Waals surface area contributed by atoms with Gasteiger partial charge >= 0.3 is 0 Å². The maximum atomic E-state index is 13.4. The molecule has 0 aliphatic carbocycles. The standard InChI is InChI=1S/C31H33NO7/c1-18(2)11-13-38-25-10-7-20(16-26(25)36-4)28-27(30(34)31(35)32(28)17-23-6-5-12-37-23)29(33)21-8-9-24-22(15-21)14-19(3)39-24/h5-10,12,15-16,18-19,28,33H,11,13-14,17H2,1-4H3/t19-,28-/m1/s1. The Morgan fingerprint density at radius 2 is 1.95 bits per heavy atom. The van der Waals surface area contributed by atoms with Gasteiger partial charge in [-0.3, -0.25) is 9.59 Å². The molecule has 1 aromatic heterocycles. The number of likely N-dealkylation sites (tertiary alicyclic amines) is 1. The molecule has 1 amide bonds. The van der Waals surface area contributed by atoms with Crippen molar-refractivity contribution in [2.24, 2.45) is 5.92 Å². The minimum atomic E-state index is -0.864. The van der Waals surface area contributed by atoms with Gasteiger partial charge in [0.25, 0.3) is 11.7 Å². The molecule has 0 radical (unpaired) electrons. The molecule has 0 spiro atoms. The highest BCUT2D eigenvalue weighted by Gasteiger charge is 2.46. The first-order valence-electron chi connectivity index (χ1n) is 13.2. The Labute approximate surface area is 227 Å². The molecule has 0 saturated carbocycles. The lowest BCUT2D eigenvalue weighted by atomic mass is 9.94. The summed E-state index contributed by atoms with van der Waals surface area (Å²) in [6.45, 7) is 6.82. The van der Waals surface area contributed by atoms with E-state index in [0.29, 0.717) is 47.3 Å². The summed E-state index contributed by atoms with van der Waals surface area (Å²) < 4.78 is 22.8. The van der Waals surface area contributed by atoms with Gasteiger partial charge in [-0.15, -0.1) is 0 Å². The van der Waals surface area contributed by atoms with Crippen molar-refractivity contribution in [2.75, 3.05) is 13.7 Å². The summed E-state index contributed by atoms with van der Waals surface area (Å²) in [5, 5.41) is 11.5. The average molecular weight is 532 g/mol. The van der Waals surface area contributed by atoms with Gasteiger partial charge in [-0.05, 0) is 72.9 Å². The van der Waals surface area contributed by atoms with Crippen LogP contribution in [-0.4, -0.2) is 41.5 Å². The van der Waals surface area contributed by atoms with Crippen LogP contribution >= 0.6 is 0 Å². The zero-order valence-electron chi connectivity index (χ0n) is 22.6. The summed E-state index contributed by atoms with van der Waals surface area (Å²) in [4.78, 5) is 28.2. The van der Waals surface area contributed by atoms with Gasteiger partial charge < -0.3 is 28.6 Å². The van der Waals surface area contributed by atoms with E-state index in [-0.39, 0.29) is 24.0 Å². The molecule has 39 heavy (non-hydrogen) atoms. The van der Waals surface area contributed by atoms with Gasteiger partial charge in [0.2, 0.25) is 0 Å². The zero-order chi connectivity index (χ0) is 27.7. The highest BCUT2D eigenvalue weighted by Crippen LogP contribution is 2.43. The summed E-state index contributed by atoms with van der Waals surface area (Å²) in [6.07, 6.45) is 3.13. The Bertz CT molecular complexity index is 1410. The summed E-state index contributed by atoms with van der Waals surface area (Å²) in [5.41, 5.74) is 2.01. The molecule has 2 atom stereocenters. The van der Waals surface area contributed by atoms with Gasteiger partial charge in [0.15, 0.2) is 11.5 Å². The average Bonchev–Trinajstić information content (AvgIpc) is 3.62. The van der Waals surface area contributed by atoms with E-state index in [2.05, 4.69) is 13.8 Å². The SMILES string of the molecule is COc1cc([C@@H]2C(=C(O)c3ccc4c(c3)C[C@@H](C)O4)C(=O)C(=O)N2Cc2ccco2)ccc1OCCC(C)C. The highest BCUT2D eigenvalue weighted by atomic mass is 16.5. The lowest BCUT2D eigenvalue weighted by Gasteiger charge is -2.25. The minimum absolute atomic E-state index is 0.00833. The zero-order valence-corrected chi connectivity index (χ0v) is 22.6. The molecule has 1 saturated heterocycles. The topological polar surface area (TPSA) is 98.4 Å². The first kappa shape index (κ1) is 26.4. The summed E-state index contributed by atoms with van der Waals surface area (Å²) >= 11 is 0. The Morgan fingerprint density at radius 3 is 2.67 bits per heavy atom. The number of amides is 1. The van der Waals surface area contributed by atoms with Crippen molar-refractivity contribution in [1.82, 2.24) is 4.90 Å². The van der Waals surface area contributed by atoms with Gasteiger partial charge in [-0.2, -0.15) is 0 Å². The van der Waals surface area contributed by atoms with E-state index >= 15 is 0 Å². The van der Waals surface area contributed by atoms with Crippen molar-refractivity contribution in [3.05, 3.63) is 82.8 Å². The number of aliphatic hydroxyl groups excluding tert-OH is 1. The number of nitrogens with zero attached hydrogens (tertiary/aromatic N) is 1. The molecule has 0 bridgehead atoms. The summed E-state index contributed by atoms with van der Waals surface area (Å²) in [6, 6.07) is 13.2. The number of aliphatic hydroxyl groups is 1. The van der Waals surface area contributed by atoms with E-state index in [1.165, 1.54) is 11.2 Å². The number of hydrogen-bond donors (Lipinski definition) is 1. The van der Waals surface area contributed by atoms with Crippen LogP contribution in [0.3, 0.4) is 0 Å². The molecule has 2 aromatic carbocycles. The number of ketones is 1. The quantitative estimate of drug-likeness (QED) is 0.216. The van der Waals surface area contributed by atoms with Gasteiger partial charge in [0.05, 0.1) is 38.1 Å². The predicted octanol–water partition coefficient (Wildman–Crippen LogP) is 5.66. The van der Waals surface area contributed by atoms with E-state index in [1.54, 1.807) is 49.6 Å². The van der Waals surface area contributed by atoms with E-state index < -0.39 is 17.7 Å². The number of furan rings is 1. The van der Waals surface area contributed by atoms with Gasteiger partial charge in [0, 0.05) is 12.0 Å². The number of hydrogen-bond acceptors (Lipinski definition) is 7. The van der Waals surface area contributed by atoms with Gasteiger partial charge in [-0.1, -0.05) is 19.9 Å². The molecule has 3 heterocycles. The molecule has 204 valence electrons. The molecule has 3 aromatic rings. The Balaban J connectivity index is 1.58. The lowest BCUT2D eigenvalue weighted by Crippen LogP contribution is -2.29. The monoisotopic (exact) mass is 531 g/mol. The fourth-order valence-electron chi connectivity index (χ4n) is 5.06. The van der Waals surface area contributed by atoms with Gasteiger partial charge in [-0.25, -0.2) is 0 Å². The number of carbonyl (C=O) groups excluding carboxylic acids is 2. The van der Waals surface area contributed by atoms with Crippen LogP contribution in [0.4, 0.5) is 0 Å². The molecule has 1 fully saturated rings. The third kappa shape index (κ3) is 5.24. The number of ether oxygens (including phenoxy) is 3. The van der Waals surface area contributed by atoms with Crippen molar-refractivity contribution in [3.63, 3.8) is 0 Å². The van der Waals surface area contributed by atoms with Crippen LogP contribution < -0.4 is 14.2 Å². The number of Topliss-reactive ketones (excluding diaryl/α,β-unsaturated/α-hetero) is 1. The molecular formula is C31H33NO7. The maximum Gasteiger partial charge on any atom is 0.296 e. The molecule has 1 N–H and O–H groups in total. The molecule has 5 rings (SSSR count). The second kappa shape index (κ2) is 10.9. The van der Waals surface area contributed by atoms with Gasteiger partial charge in [0.1, 0.15) is 23.4 Å². The maximum absolute atomic E-state index is 13.4. The Hall–Kier alpha value is -4.20.